The fourth-order valence-corrected chi connectivity index (χ4v) is 10.2. The van der Waals surface area contributed by atoms with E-state index in [0.717, 1.165) is 37.5 Å². The van der Waals surface area contributed by atoms with Crippen molar-refractivity contribution in [2.24, 2.45) is 0 Å². The molecule has 0 saturated heterocycles. The van der Waals surface area contributed by atoms with Gasteiger partial charge >= 0.3 is 0 Å². The molecule has 0 spiro atoms. The molecular formula is C45H30N4S. The van der Waals surface area contributed by atoms with Crippen molar-refractivity contribution in [3.63, 3.8) is 0 Å². The van der Waals surface area contributed by atoms with Gasteiger partial charge in [0.05, 0.1) is 27.8 Å². The van der Waals surface area contributed by atoms with Crippen LogP contribution in [0.1, 0.15) is 55.5 Å². The minimum atomic E-state index is -0.167. The van der Waals surface area contributed by atoms with Crippen LogP contribution < -0.4 is 0 Å². The summed E-state index contributed by atoms with van der Waals surface area (Å²) in [5.41, 5.74) is 15.5. The lowest BCUT2D eigenvalue weighted by Gasteiger charge is -2.22. The van der Waals surface area contributed by atoms with Gasteiger partial charge in [0.2, 0.25) is 5.95 Å². The first-order valence-electron chi connectivity index (χ1n) is 17.1. The van der Waals surface area contributed by atoms with E-state index in [9.17, 15) is 5.26 Å². The summed E-state index contributed by atoms with van der Waals surface area (Å²) >= 11 is 1.72. The van der Waals surface area contributed by atoms with E-state index in [1.54, 1.807) is 11.8 Å². The lowest BCUT2D eigenvalue weighted by atomic mass is 9.82. The molecule has 0 radical (unpaired) electrons. The molecule has 0 bridgehead atoms. The third kappa shape index (κ3) is 3.37. The zero-order valence-corrected chi connectivity index (χ0v) is 28.9. The summed E-state index contributed by atoms with van der Waals surface area (Å²) in [6.45, 7) is 9.32. The first-order chi connectivity index (χ1) is 24.3. The van der Waals surface area contributed by atoms with Gasteiger partial charge in [-0.1, -0.05) is 106 Å². The van der Waals surface area contributed by atoms with E-state index in [1.807, 2.05) is 12.1 Å². The maximum Gasteiger partial charge on any atom is 0.235 e. The van der Waals surface area contributed by atoms with Gasteiger partial charge in [-0.3, -0.25) is 4.57 Å². The molecular weight excluding hydrogens is 629 g/mol. The van der Waals surface area contributed by atoms with Crippen LogP contribution in [0.5, 0.6) is 0 Å². The van der Waals surface area contributed by atoms with Crippen LogP contribution in [0.4, 0.5) is 0 Å². The molecule has 8 aromatic rings. The molecule has 6 aromatic carbocycles. The third-order valence-corrected chi connectivity index (χ3v) is 12.8. The Hall–Kier alpha value is -5.70. The smallest absolute Gasteiger partial charge is 0.235 e. The van der Waals surface area contributed by atoms with Crippen LogP contribution in [0.2, 0.25) is 0 Å². The highest BCUT2D eigenvalue weighted by Crippen LogP contribution is 2.54. The quantitative estimate of drug-likeness (QED) is 0.176. The Morgan fingerprint density at radius 2 is 1.14 bits per heavy atom. The molecule has 0 unspecified atom stereocenters. The average Bonchev–Trinajstić information content (AvgIpc) is 3.66. The number of hydrogen-bond donors (Lipinski definition) is 0. The molecule has 0 atom stereocenters. The Morgan fingerprint density at radius 3 is 1.74 bits per heavy atom. The second-order valence-corrected chi connectivity index (χ2v) is 16.0. The number of benzene rings is 6. The molecule has 2 aromatic heterocycles. The molecule has 236 valence electrons. The van der Waals surface area contributed by atoms with Gasteiger partial charge in [0.15, 0.2) is 0 Å². The number of hydrogen-bond acceptors (Lipinski definition) is 4. The van der Waals surface area contributed by atoms with Gasteiger partial charge < -0.3 is 0 Å². The molecule has 3 aliphatic rings. The molecule has 4 nitrogen and oxygen atoms in total. The van der Waals surface area contributed by atoms with Crippen LogP contribution in [-0.4, -0.2) is 14.5 Å². The lowest BCUT2D eigenvalue weighted by Crippen LogP contribution is -2.15. The molecule has 2 aliphatic carbocycles. The molecule has 0 fully saturated rings. The van der Waals surface area contributed by atoms with Gasteiger partial charge in [-0.25, -0.2) is 9.97 Å². The maximum absolute atomic E-state index is 10.3. The van der Waals surface area contributed by atoms with Crippen LogP contribution >= 0.6 is 11.8 Å². The van der Waals surface area contributed by atoms with Crippen molar-refractivity contribution in [1.82, 2.24) is 14.5 Å². The second kappa shape index (κ2) is 9.29. The van der Waals surface area contributed by atoms with Crippen LogP contribution in [0.3, 0.4) is 0 Å². The Balaban J connectivity index is 1.31. The monoisotopic (exact) mass is 658 g/mol. The summed E-state index contributed by atoms with van der Waals surface area (Å²) in [6, 6.07) is 42.1. The van der Waals surface area contributed by atoms with Crippen molar-refractivity contribution in [3.05, 3.63) is 137 Å². The summed E-state index contributed by atoms with van der Waals surface area (Å²) in [5.74, 6) is 0.587. The Kier molecular flexibility index (Phi) is 5.24. The van der Waals surface area contributed by atoms with E-state index in [-0.39, 0.29) is 10.8 Å². The zero-order valence-electron chi connectivity index (χ0n) is 28.1. The Morgan fingerprint density at radius 1 is 0.580 bits per heavy atom. The lowest BCUT2D eigenvalue weighted by molar-refractivity contribution is 0.660. The van der Waals surface area contributed by atoms with Gasteiger partial charge in [-0.05, 0) is 87.0 Å². The van der Waals surface area contributed by atoms with Crippen LogP contribution in [0.25, 0.3) is 72.2 Å². The average molecular weight is 659 g/mol. The fraction of sp³-hybridized carbons (Fsp3) is 0.133. The van der Waals surface area contributed by atoms with Crippen molar-refractivity contribution in [1.29, 1.82) is 5.26 Å². The van der Waals surface area contributed by atoms with Crippen molar-refractivity contribution in [2.45, 2.75) is 48.3 Å². The van der Waals surface area contributed by atoms with E-state index in [1.165, 1.54) is 55.3 Å². The minimum absolute atomic E-state index is 0.167. The summed E-state index contributed by atoms with van der Waals surface area (Å²) in [4.78, 5) is 13.0. The molecule has 50 heavy (non-hydrogen) atoms. The van der Waals surface area contributed by atoms with E-state index in [4.69, 9.17) is 9.97 Å². The SMILES string of the molecule is CC1(C)c2ccccc2-c2cc3c4cc5c(cc4n(-c4nc6c7c(ccc(C#N)c7n4)Sc4ccccc4-6)c3cc21)C(C)(C)c1ccccc1-5. The van der Waals surface area contributed by atoms with Crippen LogP contribution in [0.15, 0.2) is 119 Å². The molecule has 11 rings (SSSR count). The topological polar surface area (TPSA) is 54.5 Å². The number of aromatic nitrogens is 3. The normalized spacial score (nSPS) is 15.4. The van der Waals surface area contributed by atoms with Crippen molar-refractivity contribution in [3.8, 4) is 45.5 Å². The molecule has 1 aliphatic heterocycles. The van der Waals surface area contributed by atoms with Gasteiger partial charge in [0.25, 0.3) is 0 Å². The number of rotatable bonds is 1. The minimum Gasteiger partial charge on any atom is -0.278 e. The van der Waals surface area contributed by atoms with Gasteiger partial charge in [0, 0.05) is 42.3 Å². The first-order valence-corrected chi connectivity index (χ1v) is 18.0. The van der Waals surface area contributed by atoms with Gasteiger partial charge in [-0.2, -0.15) is 5.26 Å². The molecule has 0 amide bonds. The number of fused-ring (bicyclic) bond motifs is 11. The standard InChI is InChI=1S/C45H30N4S/c1-44(2)32-14-8-5-11-25(32)28-19-30-31-20-29-26-12-6-9-15-33(26)45(3,4)35(29)22-37(31)49(36(30)21-34(28)44)43-47-41-24(23-46)17-18-39-40(41)42(48-43)27-13-7-10-16-38(27)50-39/h5-22H,1-4H3. The van der Waals surface area contributed by atoms with E-state index in [2.05, 4.69) is 135 Å². The van der Waals surface area contributed by atoms with Crippen LogP contribution in [0, 0.1) is 11.3 Å². The predicted molar refractivity (Wildman–Crippen MR) is 203 cm³/mol. The Bertz CT molecular complexity index is 2800. The highest BCUT2D eigenvalue weighted by molar-refractivity contribution is 7.99. The van der Waals surface area contributed by atoms with Crippen molar-refractivity contribution >= 4 is 44.5 Å². The van der Waals surface area contributed by atoms with Crippen LogP contribution in [-0.2, 0) is 10.8 Å². The van der Waals surface area contributed by atoms with Crippen molar-refractivity contribution < 1.29 is 0 Å². The van der Waals surface area contributed by atoms with E-state index in [0.29, 0.717) is 17.0 Å². The number of nitrogens with zero attached hydrogens (tertiary/aromatic N) is 4. The summed E-state index contributed by atoms with van der Waals surface area (Å²) in [7, 11) is 0. The number of nitriles is 1. The fourth-order valence-electron chi connectivity index (χ4n) is 9.16. The maximum atomic E-state index is 10.3. The summed E-state index contributed by atoms with van der Waals surface area (Å²) in [5, 5.41) is 13.7. The molecule has 0 N–H and O–H groups in total. The second-order valence-electron chi connectivity index (χ2n) is 14.9. The summed E-state index contributed by atoms with van der Waals surface area (Å²) < 4.78 is 2.28. The molecule has 5 heteroatoms. The summed E-state index contributed by atoms with van der Waals surface area (Å²) in [6.07, 6.45) is 0. The van der Waals surface area contributed by atoms with E-state index < -0.39 is 0 Å². The van der Waals surface area contributed by atoms with Gasteiger partial charge in [-0.15, -0.1) is 0 Å². The third-order valence-electron chi connectivity index (χ3n) is 11.7. The first kappa shape index (κ1) is 28.2. The molecule has 3 heterocycles. The molecule has 0 saturated carbocycles. The highest BCUT2D eigenvalue weighted by atomic mass is 32.2. The zero-order chi connectivity index (χ0) is 33.7. The highest BCUT2D eigenvalue weighted by Gasteiger charge is 2.39. The van der Waals surface area contributed by atoms with Crippen molar-refractivity contribution in [2.75, 3.05) is 0 Å². The van der Waals surface area contributed by atoms with Gasteiger partial charge in [0.1, 0.15) is 6.07 Å². The largest absolute Gasteiger partial charge is 0.278 e. The van der Waals surface area contributed by atoms with E-state index >= 15 is 0 Å². The Labute approximate surface area is 294 Å². The predicted octanol–water partition coefficient (Wildman–Crippen LogP) is 11.3.